The molecule has 1 saturated heterocycles. The lowest BCUT2D eigenvalue weighted by atomic mass is 10.1. The van der Waals surface area contributed by atoms with Crippen LogP contribution in [0.1, 0.15) is 34.5 Å². The minimum absolute atomic E-state index is 0. The van der Waals surface area contributed by atoms with Gasteiger partial charge in [-0.2, -0.15) is 0 Å². The monoisotopic (exact) mass is 274 g/mol. The third-order valence-electron chi connectivity index (χ3n) is 2.99. The molecular weight excluding hydrogens is 256 g/mol. The number of hydrogen-bond acceptors (Lipinski definition) is 3. The lowest BCUT2D eigenvalue weighted by molar-refractivity contribution is 0.0951. The maximum absolute atomic E-state index is 11.8. The molecule has 1 atom stereocenters. The van der Waals surface area contributed by atoms with Crippen LogP contribution in [0, 0.1) is 6.92 Å². The van der Waals surface area contributed by atoms with Crippen LogP contribution in [-0.4, -0.2) is 25.0 Å². The van der Waals surface area contributed by atoms with Crippen molar-refractivity contribution in [3.63, 3.8) is 0 Å². The summed E-state index contributed by atoms with van der Waals surface area (Å²) >= 11 is 1.51. The Hall–Kier alpha value is -0.580. The number of carbonyl (C=O) groups is 1. The number of aryl methyl sites for hydroxylation is 1. The Kier molecular flexibility index (Phi) is 5.95. The molecule has 5 heteroatoms. The lowest BCUT2D eigenvalue weighted by Crippen LogP contribution is -2.43. The van der Waals surface area contributed by atoms with E-state index < -0.39 is 0 Å². The molecule has 17 heavy (non-hydrogen) atoms. The molecule has 2 heterocycles. The van der Waals surface area contributed by atoms with Crippen LogP contribution in [0.25, 0.3) is 0 Å². The van der Waals surface area contributed by atoms with Gasteiger partial charge in [-0.05, 0) is 43.3 Å². The van der Waals surface area contributed by atoms with Gasteiger partial charge in [-0.1, -0.05) is 6.42 Å². The van der Waals surface area contributed by atoms with Crippen molar-refractivity contribution in [3.8, 4) is 0 Å². The summed E-state index contributed by atoms with van der Waals surface area (Å²) in [6.07, 6.45) is 3.70. The van der Waals surface area contributed by atoms with Gasteiger partial charge in [0.25, 0.3) is 5.91 Å². The summed E-state index contributed by atoms with van der Waals surface area (Å²) in [5.74, 6) is 0.0693. The second kappa shape index (κ2) is 6.99. The van der Waals surface area contributed by atoms with Crippen LogP contribution < -0.4 is 10.6 Å². The highest BCUT2D eigenvalue weighted by Crippen LogP contribution is 2.15. The average Bonchev–Trinajstić information content (AvgIpc) is 2.74. The molecule has 2 N–H and O–H groups in total. The van der Waals surface area contributed by atoms with Crippen molar-refractivity contribution >= 4 is 29.7 Å². The molecule has 1 fully saturated rings. The zero-order chi connectivity index (χ0) is 11.4. The van der Waals surface area contributed by atoms with Gasteiger partial charge < -0.3 is 10.6 Å². The number of thiophene rings is 1. The smallest absolute Gasteiger partial charge is 0.261 e. The lowest BCUT2D eigenvalue weighted by Gasteiger charge is -2.23. The van der Waals surface area contributed by atoms with Gasteiger partial charge in [0.1, 0.15) is 0 Å². The van der Waals surface area contributed by atoms with Gasteiger partial charge in [-0.15, -0.1) is 23.7 Å². The minimum Gasteiger partial charge on any atom is -0.350 e. The minimum atomic E-state index is 0. The van der Waals surface area contributed by atoms with E-state index in [1.54, 1.807) is 0 Å². The largest absolute Gasteiger partial charge is 0.350 e. The number of hydrogen-bond donors (Lipinski definition) is 2. The summed E-state index contributed by atoms with van der Waals surface area (Å²) < 4.78 is 0. The summed E-state index contributed by atoms with van der Waals surface area (Å²) in [6, 6.07) is 2.44. The zero-order valence-corrected chi connectivity index (χ0v) is 11.6. The van der Waals surface area contributed by atoms with Gasteiger partial charge in [0.2, 0.25) is 0 Å². The van der Waals surface area contributed by atoms with Crippen molar-refractivity contribution in [1.82, 2.24) is 10.6 Å². The number of halogens is 1. The molecule has 1 unspecified atom stereocenters. The van der Waals surface area contributed by atoms with Gasteiger partial charge in [-0.25, -0.2) is 0 Å². The number of amides is 1. The third-order valence-corrected chi connectivity index (χ3v) is 4.00. The molecule has 0 radical (unpaired) electrons. The molecule has 0 aromatic carbocycles. The quantitative estimate of drug-likeness (QED) is 0.888. The van der Waals surface area contributed by atoms with Crippen molar-refractivity contribution < 1.29 is 4.79 Å². The Morgan fingerprint density at radius 2 is 2.41 bits per heavy atom. The van der Waals surface area contributed by atoms with Crippen molar-refractivity contribution in [2.24, 2.45) is 0 Å². The number of piperidine rings is 1. The van der Waals surface area contributed by atoms with Gasteiger partial charge in [0, 0.05) is 12.6 Å². The van der Waals surface area contributed by atoms with E-state index in [0.717, 1.165) is 23.5 Å². The maximum atomic E-state index is 11.8. The first kappa shape index (κ1) is 14.5. The Bertz CT molecular complexity index is 361. The summed E-state index contributed by atoms with van der Waals surface area (Å²) in [5.41, 5.74) is 1.07. The zero-order valence-electron chi connectivity index (χ0n) is 9.99. The predicted octanol–water partition coefficient (Wildman–Crippen LogP) is 2.35. The summed E-state index contributed by atoms with van der Waals surface area (Å²) in [6.45, 7) is 3.80. The molecule has 2 rings (SSSR count). The predicted molar refractivity (Wildman–Crippen MR) is 74.3 cm³/mol. The van der Waals surface area contributed by atoms with Crippen molar-refractivity contribution in [1.29, 1.82) is 0 Å². The van der Waals surface area contributed by atoms with Crippen molar-refractivity contribution in [3.05, 3.63) is 21.9 Å². The number of nitrogens with one attached hydrogen (secondary N) is 2. The molecule has 1 aliphatic rings. The van der Waals surface area contributed by atoms with E-state index in [0.29, 0.717) is 6.04 Å². The van der Waals surface area contributed by atoms with Crippen molar-refractivity contribution in [2.75, 3.05) is 13.1 Å². The van der Waals surface area contributed by atoms with Crippen LogP contribution in [0.15, 0.2) is 11.4 Å². The molecule has 3 nitrogen and oxygen atoms in total. The highest BCUT2D eigenvalue weighted by atomic mass is 35.5. The molecule has 0 spiro atoms. The molecule has 96 valence electrons. The van der Waals surface area contributed by atoms with Gasteiger partial charge >= 0.3 is 0 Å². The topological polar surface area (TPSA) is 41.1 Å². The Morgan fingerprint density at radius 3 is 3.00 bits per heavy atom. The fourth-order valence-corrected chi connectivity index (χ4v) is 2.84. The standard InChI is InChI=1S/C12H18N2OS.ClH/c1-9-5-7-16-11(9)12(15)14-8-10-4-2-3-6-13-10;/h5,7,10,13H,2-4,6,8H2,1H3,(H,14,15);1H. The van der Waals surface area contributed by atoms with Gasteiger partial charge in [0.15, 0.2) is 0 Å². The second-order valence-electron chi connectivity index (χ2n) is 4.29. The van der Waals surface area contributed by atoms with Crippen LogP contribution in [0.2, 0.25) is 0 Å². The van der Waals surface area contributed by atoms with E-state index in [9.17, 15) is 4.79 Å². The molecule has 0 bridgehead atoms. The van der Waals surface area contributed by atoms with E-state index in [2.05, 4.69) is 10.6 Å². The molecule has 1 aromatic heterocycles. The average molecular weight is 275 g/mol. The van der Waals surface area contributed by atoms with Crippen molar-refractivity contribution in [2.45, 2.75) is 32.2 Å². The van der Waals surface area contributed by atoms with Crippen LogP contribution in [0.5, 0.6) is 0 Å². The fourth-order valence-electron chi connectivity index (χ4n) is 2.00. The van der Waals surface area contributed by atoms with Crippen LogP contribution in [0.3, 0.4) is 0 Å². The highest BCUT2D eigenvalue weighted by molar-refractivity contribution is 7.12. The van der Waals surface area contributed by atoms with E-state index >= 15 is 0 Å². The molecule has 1 aliphatic heterocycles. The molecule has 1 aromatic rings. The Balaban J connectivity index is 0.00000144. The maximum Gasteiger partial charge on any atom is 0.261 e. The third kappa shape index (κ3) is 3.98. The highest BCUT2D eigenvalue weighted by Gasteiger charge is 2.15. The van der Waals surface area contributed by atoms with Crippen LogP contribution in [-0.2, 0) is 0 Å². The van der Waals surface area contributed by atoms with Crippen LogP contribution in [0.4, 0.5) is 0 Å². The van der Waals surface area contributed by atoms with E-state index in [1.807, 2.05) is 18.4 Å². The van der Waals surface area contributed by atoms with Crippen LogP contribution >= 0.6 is 23.7 Å². The summed E-state index contributed by atoms with van der Waals surface area (Å²) in [7, 11) is 0. The first-order valence-electron chi connectivity index (χ1n) is 5.83. The SMILES string of the molecule is Cc1ccsc1C(=O)NCC1CCCCN1.Cl. The number of carbonyl (C=O) groups excluding carboxylic acids is 1. The first-order chi connectivity index (χ1) is 7.77. The van der Waals surface area contributed by atoms with E-state index in [4.69, 9.17) is 0 Å². The summed E-state index contributed by atoms with van der Waals surface area (Å²) in [5, 5.41) is 8.39. The fraction of sp³-hybridized carbons (Fsp3) is 0.583. The van der Waals surface area contributed by atoms with Gasteiger partial charge in [-0.3, -0.25) is 4.79 Å². The molecule has 0 aliphatic carbocycles. The molecular formula is C12H19ClN2OS. The Morgan fingerprint density at radius 1 is 1.59 bits per heavy atom. The van der Waals surface area contributed by atoms with E-state index in [1.165, 1.54) is 30.6 Å². The summed E-state index contributed by atoms with van der Waals surface area (Å²) in [4.78, 5) is 12.7. The normalized spacial score (nSPS) is 19.5. The molecule has 0 saturated carbocycles. The van der Waals surface area contributed by atoms with E-state index in [-0.39, 0.29) is 18.3 Å². The van der Waals surface area contributed by atoms with Gasteiger partial charge in [0.05, 0.1) is 4.88 Å². The number of rotatable bonds is 3. The second-order valence-corrected chi connectivity index (χ2v) is 5.21. The molecule has 1 amide bonds. The Labute approximate surface area is 112 Å². The first-order valence-corrected chi connectivity index (χ1v) is 6.71.